The Bertz CT molecular complexity index is 634. The number of hydrogen-bond acceptors (Lipinski definition) is 3. The SMILES string of the molecule is [2H]C([2H])([2H])C1Nc2c(cnc3[nH]ccc23)NC1=O. The third-order valence-electron chi connectivity index (χ3n) is 2.40. The number of carbonyl (C=O) groups is 1. The average molecular weight is 205 g/mol. The van der Waals surface area contributed by atoms with E-state index in [1.807, 2.05) is 0 Å². The maximum absolute atomic E-state index is 11.7. The molecule has 3 rings (SSSR count). The van der Waals surface area contributed by atoms with E-state index in [-0.39, 0.29) is 0 Å². The fraction of sp³-hybridized carbons (Fsp3) is 0.200. The molecule has 0 saturated heterocycles. The molecule has 5 nitrogen and oxygen atoms in total. The van der Waals surface area contributed by atoms with E-state index in [0.717, 1.165) is 5.39 Å². The van der Waals surface area contributed by atoms with Crippen LogP contribution in [0.4, 0.5) is 11.4 Å². The lowest BCUT2D eigenvalue weighted by molar-refractivity contribution is -0.116. The zero-order valence-electron chi connectivity index (χ0n) is 10.7. The van der Waals surface area contributed by atoms with Crippen LogP contribution in [0.25, 0.3) is 11.0 Å². The molecule has 2 aromatic heterocycles. The number of aromatic nitrogens is 2. The van der Waals surface area contributed by atoms with Crippen LogP contribution in [0.3, 0.4) is 0 Å². The number of H-pyrrole nitrogens is 1. The van der Waals surface area contributed by atoms with Crippen molar-refractivity contribution in [2.24, 2.45) is 0 Å². The minimum atomic E-state index is -2.40. The van der Waals surface area contributed by atoms with Gasteiger partial charge >= 0.3 is 0 Å². The molecule has 0 fully saturated rings. The molecule has 0 aromatic carbocycles. The van der Waals surface area contributed by atoms with Crippen molar-refractivity contribution < 1.29 is 8.91 Å². The van der Waals surface area contributed by atoms with Crippen LogP contribution in [0.5, 0.6) is 0 Å². The first-order valence-corrected chi connectivity index (χ1v) is 4.50. The summed E-state index contributed by atoms with van der Waals surface area (Å²) in [5.41, 5.74) is 1.72. The maximum atomic E-state index is 11.7. The number of nitrogens with zero attached hydrogens (tertiary/aromatic N) is 1. The largest absolute Gasteiger partial charge is 0.372 e. The fourth-order valence-electron chi connectivity index (χ4n) is 1.67. The van der Waals surface area contributed by atoms with Crippen molar-refractivity contribution in [3.05, 3.63) is 18.5 Å². The Hall–Kier alpha value is -2.04. The van der Waals surface area contributed by atoms with Gasteiger partial charge in [-0.2, -0.15) is 0 Å². The molecule has 0 aliphatic carbocycles. The van der Waals surface area contributed by atoms with Crippen LogP contribution in [0.2, 0.25) is 0 Å². The molecule has 0 spiro atoms. The summed E-state index contributed by atoms with van der Waals surface area (Å²) in [6.45, 7) is -2.40. The summed E-state index contributed by atoms with van der Waals surface area (Å²) in [5, 5.41) is 6.09. The zero-order chi connectivity index (χ0) is 12.9. The van der Waals surface area contributed by atoms with Gasteiger partial charge in [-0.1, -0.05) is 0 Å². The molecule has 1 aliphatic rings. The number of rotatable bonds is 0. The molecule has 3 N–H and O–H groups in total. The molecule has 1 unspecified atom stereocenters. The summed E-state index contributed by atoms with van der Waals surface area (Å²) < 4.78 is 22.1. The van der Waals surface area contributed by atoms with E-state index in [1.165, 1.54) is 6.20 Å². The fourth-order valence-corrected chi connectivity index (χ4v) is 1.67. The second-order valence-electron chi connectivity index (χ2n) is 3.35. The normalized spacial score (nSPS) is 23.3. The van der Waals surface area contributed by atoms with Crippen LogP contribution in [0, 0.1) is 0 Å². The number of amides is 1. The number of anilines is 2. The summed E-state index contributed by atoms with van der Waals surface area (Å²) in [6.07, 6.45) is 3.20. The van der Waals surface area contributed by atoms with Gasteiger partial charge in [-0.3, -0.25) is 4.79 Å². The van der Waals surface area contributed by atoms with E-state index in [9.17, 15) is 4.79 Å². The standard InChI is InChI=1S/C10H10N4O/c1-5-10(15)14-7-4-12-9-6(2-3-11-9)8(7)13-5/h2-5,13H,1H3,(H,11,12)(H,14,15)/i1D3. The Morgan fingerprint density at radius 2 is 2.53 bits per heavy atom. The molecule has 1 amide bonds. The summed E-state index contributed by atoms with van der Waals surface area (Å²) in [5.74, 6) is -0.570. The summed E-state index contributed by atoms with van der Waals surface area (Å²) in [4.78, 5) is 18.8. The van der Waals surface area contributed by atoms with E-state index in [0.29, 0.717) is 17.0 Å². The van der Waals surface area contributed by atoms with Gasteiger partial charge in [0.2, 0.25) is 5.91 Å². The minimum absolute atomic E-state index is 0.493. The van der Waals surface area contributed by atoms with Crippen LogP contribution in [-0.4, -0.2) is 21.9 Å². The van der Waals surface area contributed by atoms with Crippen LogP contribution in [0.15, 0.2) is 18.5 Å². The van der Waals surface area contributed by atoms with Gasteiger partial charge in [0.15, 0.2) is 0 Å². The van der Waals surface area contributed by atoms with Gasteiger partial charge in [0.25, 0.3) is 0 Å². The molecule has 3 heterocycles. The Labute approximate surface area is 90.1 Å². The highest BCUT2D eigenvalue weighted by Gasteiger charge is 2.23. The summed E-state index contributed by atoms with van der Waals surface area (Å²) in [7, 11) is 0. The molecule has 2 aromatic rings. The Morgan fingerprint density at radius 3 is 3.40 bits per heavy atom. The third-order valence-corrected chi connectivity index (χ3v) is 2.40. The topological polar surface area (TPSA) is 69.8 Å². The Morgan fingerprint density at radius 1 is 1.60 bits per heavy atom. The molecular formula is C10H10N4O. The van der Waals surface area contributed by atoms with Crippen molar-refractivity contribution in [2.75, 3.05) is 10.6 Å². The van der Waals surface area contributed by atoms with Crippen LogP contribution in [0.1, 0.15) is 11.0 Å². The highest BCUT2D eigenvalue weighted by Crippen LogP contribution is 2.32. The second kappa shape index (κ2) is 2.73. The predicted molar refractivity (Wildman–Crippen MR) is 57.8 cm³/mol. The smallest absolute Gasteiger partial charge is 0.246 e. The van der Waals surface area contributed by atoms with E-state index >= 15 is 0 Å². The summed E-state index contributed by atoms with van der Waals surface area (Å²) in [6, 6.07) is 0.535. The molecule has 0 radical (unpaired) electrons. The van der Waals surface area contributed by atoms with Crippen molar-refractivity contribution in [3.8, 4) is 0 Å². The molecule has 0 saturated carbocycles. The predicted octanol–water partition coefficient (Wildman–Crippen LogP) is 1.32. The van der Waals surface area contributed by atoms with Gasteiger partial charge < -0.3 is 15.6 Å². The highest BCUT2D eigenvalue weighted by molar-refractivity contribution is 6.08. The van der Waals surface area contributed by atoms with E-state index < -0.39 is 18.8 Å². The Kier molecular flexibility index (Phi) is 1.04. The van der Waals surface area contributed by atoms with Gasteiger partial charge in [0.05, 0.1) is 17.6 Å². The molecule has 0 bridgehead atoms. The van der Waals surface area contributed by atoms with Gasteiger partial charge in [-0.25, -0.2) is 4.98 Å². The first-order chi connectivity index (χ1) is 8.47. The van der Waals surface area contributed by atoms with Gasteiger partial charge in [0.1, 0.15) is 11.7 Å². The van der Waals surface area contributed by atoms with E-state index in [2.05, 4.69) is 20.6 Å². The van der Waals surface area contributed by atoms with Crippen molar-refractivity contribution in [3.63, 3.8) is 0 Å². The number of aromatic amines is 1. The number of carbonyl (C=O) groups excluding carboxylic acids is 1. The number of pyridine rings is 1. The monoisotopic (exact) mass is 205 g/mol. The van der Waals surface area contributed by atoms with Crippen LogP contribution >= 0.6 is 0 Å². The number of fused-ring (bicyclic) bond motifs is 3. The average Bonchev–Trinajstić information content (AvgIpc) is 2.74. The van der Waals surface area contributed by atoms with Crippen molar-refractivity contribution in [1.82, 2.24) is 9.97 Å². The molecule has 5 heteroatoms. The third kappa shape index (κ3) is 1.09. The Balaban J connectivity index is 2.14. The van der Waals surface area contributed by atoms with Gasteiger partial charge in [0, 0.05) is 15.7 Å². The number of hydrogen-bond donors (Lipinski definition) is 3. The lowest BCUT2D eigenvalue weighted by Crippen LogP contribution is -2.36. The molecule has 1 atom stereocenters. The van der Waals surface area contributed by atoms with Crippen LogP contribution < -0.4 is 10.6 Å². The maximum Gasteiger partial charge on any atom is 0.246 e. The van der Waals surface area contributed by atoms with Gasteiger partial charge in [-0.05, 0) is 12.9 Å². The number of nitrogens with one attached hydrogen (secondary N) is 3. The van der Waals surface area contributed by atoms with Crippen molar-refractivity contribution in [1.29, 1.82) is 0 Å². The van der Waals surface area contributed by atoms with E-state index in [4.69, 9.17) is 4.11 Å². The quantitative estimate of drug-likeness (QED) is 0.607. The van der Waals surface area contributed by atoms with Gasteiger partial charge in [-0.15, -0.1) is 0 Å². The second-order valence-corrected chi connectivity index (χ2v) is 3.35. The lowest BCUT2D eigenvalue weighted by atomic mass is 10.1. The molecular weight excluding hydrogens is 192 g/mol. The minimum Gasteiger partial charge on any atom is -0.372 e. The summed E-state index contributed by atoms with van der Waals surface area (Å²) >= 11 is 0. The first-order valence-electron chi connectivity index (χ1n) is 6.00. The molecule has 15 heavy (non-hydrogen) atoms. The van der Waals surface area contributed by atoms with Crippen molar-refractivity contribution in [2.45, 2.75) is 12.9 Å². The molecule has 76 valence electrons. The highest BCUT2D eigenvalue weighted by atomic mass is 16.2. The molecule has 1 aliphatic heterocycles. The zero-order valence-corrected chi connectivity index (χ0v) is 7.66. The van der Waals surface area contributed by atoms with Crippen LogP contribution in [-0.2, 0) is 4.79 Å². The van der Waals surface area contributed by atoms with Crippen molar-refractivity contribution >= 4 is 28.3 Å². The van der Waals surface area contributed by atoms with E-state index in [1.54, 1.807) is 12.3 Å². The lowest BCUT2D eigenvalue weighted by Gasteiger charge is -2.24. The first kappa shape index (κ1) is 5.75.